The van der Waals surface area contributed by atoms with E-state index in [1.807, 2.05) is 12.3 Å². The number of furan rings is 1. The Kier molecular flexibility index (Phi) is 6.05. The van der Waals surface area contributed by atoms with Crippen molar-refractivity contribution < 1.29 is 9.21 Å². The molecule has 1 amide bonds. The van der Waals surface area contributed by atoms with E-state index < -0.39 is 0 Å². The zero-order valence-corrected chi connectivity index (χ0v) is 12.2. The lowest BCUT2D eigenvalue weighted by atomic mass is 10.00. The second kappa shape index (κ2) is 7.07. The Balaban J connectivity index is 0.00000162. The van der Waals surface area contributed by atoms with Crippen molar-refractivity contribution in [3.63, 3.8) is 0 Å². The Labute approximate surface area is 118 Å². The van der Waals surface area contributed by atoms with Gasteiger partial charge in [0.15, 0.2) is 10.9 Å². The van der Waals surface area contributed by atoms with Gasteiger partial charge in [-0.15, -0.1) is 12.4 Å². The summed E-state index contributed by atoms with van der Waals surface area (Å²) in [4.78, 5) is 11.9. The molecule has 1 saturated heterocycles. The van der Waals surface area contributed by atoms with Crippen molar-refractivity contribution in [2.24, 2.45) is 0 Å². The minimum atomic E-state index is -0.120. The maximum Gasteiger partial charge on any atom is 0.287 e. The van der Waals surface area contributed by atoms with E-state index in [1.54, 1.807) is 6.07 Å². The van der Waals surface area contributed by atoms with Crippen molar-refractivity contribution in [3.05, 3.63) is 17.9 Å². The largest absolute Gasteiger partial charge is 0.445 e. The molecule has 2 N–H and O–H groups in total. The fourth-order valence-electron chi connectivity index (χ4n) is 2.03. The van der Waals surface area contributed by atoms with Gasteiger partial charge in [0.25, 0.3) is 5.91 Å². The SMILES string of the molecule is CSc1ccc(C(=O)NC2CCCNC2C)o1.Cl. The lowest BCUT2D eigenvalue weighted by molar-refractivity contribution is 0.0886. The minimum Gasteiger partial charge on any atom is -0.445 e. The van der Waals surface area contributed by atoms with E-state index in [-0.39, 0.29) is 24.4 Å². The number of halogens is 1. The Bertz CT molecular complexity index is 397. The van der Waals surface area contributed by atoms with Crippen LogP contribution in [0.4, 0.5) is 0 Å². The Hall–Kier alpha value is -0.650. The molecule has 6 heteroatoms. The quantitative estimate of drug-likeness (QED) is 0.839. The molecular weight excluding hydrogens is 272 g/mol. The predicted octanol–water partition coefficient (Wildman–Crippen LogP) is 2.29. The molecule has 4 nitrogen and oxygen atoms in total. The molecule has 0 spiro atoms. The van der Waals surface area contributed by atoms with Crippen molar-refractivity contribution in [3.8, 4) is 0 Å². The fraction of sp³-hybridized carbons (Fsp3) is 0.583. The average Bonchev–Trinajstić information content (AvgIpc) is 2.81. The zero-order valence-electron chi connectivity index (χ0n) is 10.6. The van der Waals surface area contributed by atoms with Crippen molar-refractivity contribution >= 4 is 30.1 Å². The first-order valence-electron chi connectivity index (χ1n) is 5.89. The van der Waals surface area contributed by atoms with Gasteiger partial charge in [0.1, 0.15) is 0 Å². The van der Waals surface area contributed by atoms with Gasteiger partial charge >= 0.3 is 0 Å². The van der Waals surface area contributed by atoms with Crippen LogP contribution in [0.5, 0.6) is 0 Å². The zero-order chi connectivity index (χ0) is 12.3. The van der Waals surface area contributed by atoms with Gasteiger partial charge in [0.2, 0.25) is 0 Å². The number of hydrogen-bond donors (Lipinski definition) is 2. The molecular formula is C12H19ClN2O2S. The Morgan fingerprint density at radius 3 is 2.94 bits per heavy atom. The molecule has 2 unspecified atom stereocenters. The molecule has 2 atom stereocenters. The summed E-state index contributed by atoms with van der Waals surface area (Å²) in [5, 5.41) is 7.14. The van der Waals surface area contributed by atoms with Crippen LogP contribution in [-0.2, 0) is 0 Å². The van der Waals surface area contributed by atoms with Crippen molar-refractivity contribution in [1.29, 1.82) is 0 Å². The first kappa shape index (κ1) is 15.4. The van der Waals surface area contributed by atoms with Crippen LogP contribution >= 0.6 is 24.2 Å². The number of rotatable bonds is 3. The topological polar surface area (TPSA) is 54.3 Å². The molecule has 1 fully saturated rings. The van der Waals surface area contributed by atoms with Crippen LogP contribution in [0.2, 0.25) is 0 Å². The normalized spacial score (nSPS) is 23.2. The van der Waals surface area contributed by atoms with E-state index >= 15 is 0 Å². The molecule has 102 valence electrons. The first-order valence-corrected chi connectivity index (χ1v) is 7.11. The summed E-state index contributed by atoms with van der Waals surface area (Å²) in [5.74, 6) is 0.276. The van der Waals surface area contributed by atoms with Crippen molar-refractivity contribution in [2.75, 3.05) is 12.8 Å². The average molecular weight is 291 g/mol. The molecule has 2 heterocycles. The fourth-order valence-corrected chi connectivity index (χ4v) is 2.41. The molecule has 0 aromatic carbocycles. The number of nitrogens with one attached hydrogen (secondary N) is 2. The number of carbonyl (C=O) groups is 1. The van der Waals surface area contributed by atoms with Crippen LogP contribution in [0.1, 0.15) is 30.3 Å². The highest BCUT2D eigenvalue weighted by Gasteiger charge is 2.23. The summed E-state index contributed by atoms with van der Waals surface area (Å²) >= 11 is 1.49. The third-order valence-corrected chi connectivity index (χ3v) is 3.71. The van der Waals surface area contributed by atoms with E-state index in [0.717, 1.165) is 24.5 Å². The van der Waals surface area contributed by atoms with Crippen molar-refractivity contribution in [1.82, 2.24) is 10.6 Å². The summed E-state index contributed by atoms with van der Waals surface area (Å²) in [6, 6.07) is 4.06. The molecule has 0 aliphatic carbocycles. The van der Waals surface area contributed by atoms with Crippen LogP contribution in [-0.4, -0.2) is 30.8 Å². The maximum absolute atomic E-state index is 11.9. The minimum absolute atomic E-state index is 0. The smallest absolute Gasteiger partial charge is 0.287 e. The molecule has 1 aromatic rings. The highest BCUT2D eigenvalue weighted by Crippen LogP contribution is 2.18. The summed E-state index contributed by atoms with van der Waals surface area (Å²) in [6.07, 6.45) is 4.05. The van der Waals surface area contributed by atoms with Gasteiger partial charge < -0.3 is 15.1 Å². The number of hydrogen-bond acceptors (Lipinski definition) is 4. The van der Waals surface area contributed by atoms with E-state index in [1.165, 1.54) is 11.8 Å². The van der Waals surface area contributed by atoms with Gasteiger partial charge in [0.05, 0.1) is 0 Å². The first-order chi connectivity index (χ1) is 8.20. The number of carbonyl (C=O) groups excluding carboxylic acids is 1. The van der Waals surface area contributed by atoms with Crippen LogP contribution in [0.15, 0.2) is 21.6 Å². The van der Waals surface area contributed by atoms with Gasteiger partial charge in [0, 0.05) is 12.1 Å². The third kappa shape index (κ3) is 3.67. The molecule has 18 heavy (non-hydrogen) atoms. The van der Waals surface area contributed by atoms with Gasteiger partial charge in [-0.1, -0.05) is 11.8 Å². The van der Waals surface area contributed by atoms with Crippen LogP contribution < -0.4 is 10.6 Å². The van der Waals surface area contributed by atoms with Gasteiger partial charge in [-0.2, -0.15) is 0 Å². The number of piperidine rings is 1. The lowest BCUT2D eigenvalue weighted by Crippen LogP contribution is -2.51. The van der Waals surface area contributed by atoms with Gasteiger partial charge in [-0.3, -0.25) is 4.79 Å². The molecule has 0 bridgehead atoms. The molecule has 0 radical (unpaired) electrons. The summed E-state index contributed by atoms with van der Waals surface area (Å²) in [7, 11) is 0. The van der Waals surface area contributed by atoms with Gasteiger partial charge in [-0.05, 0) is 44.7 Å². The van der Waals surface area contributed by atoms with Crippen LogP contribution in [0, 0.1) is 0 Å². The van der Waals surface area contributed by atoms with E-state index in [2.05, 4.69) is 17.6 Å². The molecule has 0 saturated carbocycles. The van der Waals surface area contributed by atoms with Crippen LogP contribution in [0.3, 0.4) is 0 Å². The molecule has 2 rings (SSSR count). The second-order valence-corrected chi connectivity index (χ2v) is 5.10. The standard InChI is InChI=1S/C12H18N2O2S.ClH/c1-8-9(4-3-7-13-8)14-12(15)10-5-6-11(16-10)17-2;/h5-6,8-9,13H,3-4,7H2,1-2H3,(H,14,15);1H. The summed E-state index contributed by atoms with van der Waals surface area (Å²) in [5.41, 5.74) is 0. The van der Waals surface area contributed by atoms with E-state index in [9.17, 15) is 4.79 Å². The number of amides is 1. The third-order valence-electron chi connectivity index (χ3n) is 3.08. The highest BCUT2D eigenvalue weighted by molar-refractivity contribution is 7.98. The Morgan fingerprint density at radius 1 is 1.56 bits per heavy atom. The van der Waals surface area contributed by atoms with Crippen LogP contribution in [0.25, 0.3) is 0 Å². The summed E-state index contributed by atoms with van der Waals surface area (Å²) < 4.78 is 5.40. The molecule has 1 aliphatic heterocycles. The monoisotopic (exact) mass is 290 g/mol. The second-order valence-electron chi connectivity index (χ2n) is 4.29. The lowest BCUT2D eigenvalue weighted by Gasteiger charge is -2.30. The Morgan fingerprint density at radius 2 is 2.33 bits per heavy atom. The van der Waals surface area contributed by atoms with E-state index in [4.69, 9.17) is 4.42 Å². The molecule has 1 aliphatic rings. The molecule has 1 aromatic heterocycles. The summed E-state index contributed by atoms with van der Waals surface area (Å²) in [6.45, 7) is 3.13. The van der Waals surface area contributed by atoms with Gasteiger partial charge in [-0.25, -0.2) is 0 Å². The van der Waals surface area contributed by atoms with E-state index in [0.29, 0.717) is 11.8 Å². The van der Waals surface area contributed by atoms with Crippen molar-refractivity contribution in [2.45, 2.75) is 36.9 Å². The predicted molar refractivity (Wildman–Crippen MR) is 75.7 cm³/mol. The highest BCUT2D eigenvalue weighted by atomic mass is 35.5. The maximum atomic E-state index is 11.9. The number of thioether (sulfide) groups is 1.